The van der Waals surface area contributed by atoms with Crippen molar-refractivity contribution in [2.24, 2.45) is 5.92 Å². The monoisotopic (exact) mass is 220 g/mol. The first kappa shape index (κ1) is 13.2. The van der Waals surface area contributed by atoms with E-state index in [-0.39, 0.29) is 0 Å². The molecule has 0 aromatic heterocycles. The Morgan fingerprint density at radius 2 is 1.50 bits per heavy atom. The molecule has 0 saturated carbocycles. The highest BCUT2D eigenvalue weighted by Crippen LogP contribution is 2.34. The molecule has 1 atom stereocenters. The van der Waals surface area contributed by atoms with Gasteiger partial charge in [-0.1, -0.05) is 56.0 Å². The van der Waals surface area contributed by atoms with Gasteiger partial charge in [0.2, 0.25) is 0 Å². The molecule has 1 rings (SSSR count). The highest BCUT2D eigenvalue weighted by molar-refractivity contribution is 5.32. The van der Waals surface area contributed by atoms with E-state index >= 15 is 0 Å². The summed E-state index contributed by atoms with van der Waals surface area (Å²) in [4.78, 5) is 0. The van der Waals surface area contributed by atoms with Crippen LogP contribution in [0.25, 0.3) is 0 Å². The van der Waals surface area contributed by atoms with Crippen LogP contribution in [0, 0.1) is 19.8 Å². The lowest BCUT2D eigenvalue weighted by molar-refractivity contribution is -0.00959. The quantitative estimate of drug-likeness (QED) is 0.814. The SMILES string of the molecule is CCC(CC)C(C)(O)c1cc(C)cc(C)c1. The summed E-state index contributed by atoms with van der Waals surface area (Å²) in [6, 6.07) is 6.35. The predicted molar refractivity (Wildman–Crippen MR) is 69.6 cm³/mol. The van der Waals surface area contributed by atoms with Crippen molar-refractivity contribution in [1.82, 2.24) is 0 Å². The first-order chi connectivity index (χ1) is 7.41. The minimum atomic E-state index is -0.708. The molecular weight excluding hydrogens is 196 g/mol. The van der Waals surface area contributed by atoms with Crippen molar-refractivity contribution in [3.8, 4) is 0 Å². The Morgan fingerprint density at radius 1 is 1.06 bits per heavy atom. The van der Waals surface area contributed by atoms with Gasteiger partial charge in [0.25, 0.3) is 0 Å². The maximum Gasteiger partial charge on any atom is 0.0896 e. The van der Waals surface area contributed by atoms with Crippen molar-refractivity contribution in [2.75, 3.05) is 0 Å². The molecule has 1 heteroatoms. The summed E-state index contributed by atoms with van der Waals surface area (Å²) in [5.74, 6) is 0.327. The fraction of sp³-hybridized carbons (Fsp3) is 0.600. The number of hydrogen-bond acceptors (Lipinski definition) is 1. The fourth-order valence-electron chi connectivity index (χ4n) is 2.59. The van der Waals surface area contributed by atoms with Crippen LogP contribution in [0.3, 0.4) is 0 Å². The van der Waals surface area contributed by atoms with E-state index in [4.69, 9.17) is 0 Å². The van der Waals surface area contributed by atoms with Gasteiger partial charge in [0, 0.05) is 0 Å². The minimum absolute atomic E-state index is 0.327. The fourth-order valence-corrected chi connectivity index (χ4v) is 2.59. The second-order valence-corrected chi connectivity index (χ2v) is 5.04. The summed E-state index contributed by atoms with van der Waals surface area (Å²) in [5, 5.41) is 10.7. The Balaban J connectivity index is 3.14. The smallest absolute Gasteiger partial charge is 0.0896 e. The molecule has 0 spiro atoms. The molecule has 0 aliphatic rings. The molecule has 16 heavy (non-hydrogen) atoms. The second-order valence-electron chi connectivity index (χ2n) is 5.04. The maximum absolute atomic E-state index is 10.7. The van der Waals surface area contributed by atoms with Crippen LogP contribution in [0.2, 0.25) is 0 Å². The van der Waals surface area contributed by atoms with E-state index in [9.17, 15) is 5.11 Å². The molecule has 1 aromatic rings. The molecule has 1 aromatic carbocycles. The largest absolute Gasteiger partial charge is 0.385 e. The van der Waals surface area contributed by atoms with Gasteiger partial charge in [-0.05, 0) is 32.3 Å². The second kappa shape index (κ2) is 5.01. The summed E-state index contributed by atoms with van der Waals surface area (Å²) < 4.78 is 0. The van der Waals surface area contributed by atoms with E-state index in [1.54, 1.807) is 0 Å². The molecule has 90 valence electrons. The molecule has 1 unspecified atom stereocenters. The minimum Gasteiger partial charge on any atom is -0.385 e. The summed E-state index contributed by atoms with van der Waals surface area (Å²) in [6.45, 7) is 10.4. The zero-order valence-corrected chi connectivity index (χ0v) is 11.2. The summed E-state index contributed by atoms with van der Waals surface area (Å²) in [7, 11) is 0. The molecule has 0 fully saturated rings. The molecule has 0 aliphatic carbocycles. The third-order valence-electron chi connectivity index (χ3n) is 3.59. The maximum atomic E-state index is 10.7. The van der Waals surface area contributed by atoms with Crippen molar-refractivity contribution < 1.29 is 5.11 Å². The van der Waals surface area contributed by atoms with Crippen LogP contribution in [-0.4, -0.2) is 5.11 Å². The predicted octanol–water partition coefficient (Wildman–Crippen LogP) is 3.95. The van der Waals surface area contributed by atoms with Crippen LogP contribution >= 0.6 is 0 Å². The lowest BCUT2D eigenvalue weighted by atomic mass is 9.79. The Labute approximate surface area is 99.5 Å². The topological polar surface area (TPSA) is 20.2 Å². The number of aliphatic hydroxyl groups is 1. The molecule has 0 bridgehead atoms. The molecule has 0 amide bonds. The van der Waals surface area contributed by atoms with E-state index < -0.39 is 5.60 Å². The van der Waals surface area contributed by atoms with Crippen LogP contribution in [0.15, 0.2) is 18.2 Å². The van der Waals surface area contributed by atoms with Gasteiger partial charge in [0.1, 0.15) is 0 Å². The first-order valence-electron chi connectivity index (χ1n) is 6.23. The van der Waals surface area contributed by atoms with E-state index in [2.05, 4.69) is 45.9 Å². The van der Waals surface area contributed by atoms with Crippen molar-refractivity contribution >= 4 is 0 Å². The number of rotatable bonds is 4. The molecule has 0 radical (unpaired) electrons. The van der Waals surface area contributed by atoms with Gasteiger partial charge in [-0.15, -0.1) is 0 Å². The highest BCUT2D eigenvalue weighted by atomic mass is 16.3. The molecule has 0 heterocycles. The molecule has 0 saturated heterocycles. The highest BCUT2D eigenvalue weighted by Gasteiger charge is 2.31. The summed E-state index contributed by atoms with van der Waals surface area (Å²) in [6.07, 6.45) is 2.02. The van der Waals surface area contributed by atoms with Crippen LogP contribution in [0.1, 0.15) is 50.3 Å². The first-order valence-corrected chi connectivity index (χ1v) is 6.23. The zero-order chi connectivity index (χ0) is 12.3. The van der Waals surface area contributed by atoms with Gasteiger partial charge in [-0.2, -0.15) is 0 Å². The Kier molecular flexibility index (Phi) is 4.15. The number of aryl methyl sites for hydroxylation is 2. The van der Waals surface area contributed by atoms with Crippen molar-refractivity contribution in [3.05, 3.63) is 34.9 Å². The normalized spacial score (nSPS) is 15.2. The summed E-state index contributed by atoms with van der Waals surface area (Å²) >= 11 is 0. The number of benzene rings is 1. The van der Waals surface area contributed by atoms with Crippen molar-refractivity contribution in [1.29, 1.82) is 0 Å². The Bertz CT molecular complexity index is 328. The van der Waals surface area contributed by atoms with Crippen LogP contribution in [0.4, 0.5) is 0 Å². The van der Waals surface area contributed by atoms with Gasteiger partial charge >= 0.3 is 0 Å². The molecular formula is C15H24O. The average molecular weight is 220 g/mol. The Morgan fingerprint density at radius 3 is 1.88 bits per heavy atom. The lowest BCUT2D eigenvalue weighted by Gasteiger charge is -2.32. The van der Waals surface area contributed by atoms with Gasteiger partial charge in [0.15, 0.2) is 0 Å². The van der Waals surface area contributed by atoms with E-state index in [0.717, 1.165) is 18.4 Å². The van der Waals surface area contributed by atoms with Crippen LogP contribution in [-0.2, 0) is 5.60 Å². The van der Waals surface area contributed by atoms with E-state index in [1.807, 2.05) is 6.92 Å². The van der Waals surface area contributed by atoms with E-state index in [1.165, 1.54) is 11.1 Å². The van der Waals surface area contributed by atoms with E-state index in [0.29, 0.717) is 5.92 Å². The van der Waals surface area contributed by atoms with Crippen molar-refractivity contribution in [2.45, 2.75) is 53.1 Å². The van der Waals surface area contributed by atoms with Gasteiger partial charge in [0.05, 0.1) is 5.60 Å². The van der Waals surface area contributed by atoms with Crippen LogP contribution in [0.5, 0.6) is 0 Å². The van der Waals surface area contributed by atoms with Gasteiger partial charge in [-0.3, -0.25) is 0 Å². The molecule has 1 N–H and O–H groups in total. The lowest BCUT2D eigenvalue weighted by Crippen LogP contribution is -2.31. The summed E-state index contributed by atoms with van der Waals surface area (Å²) in [5.41, 5.74) is 2.79. The van der Waals surface area contributed by atoms with Gasteiger partial charge < -0.3 is 5.11 Å². The third kappa shape index (κ3) is 2.65. The average Bonchev–Trinajstić information content (AvgIpc) is 2.17. The van der Waals surface area contributed by atoms with Crippen molar-refractivity contribution in [3.63, 3.8) is 0 Å². The Hall–Kier alpha value is -0.820. The number of hydrogen-bond donors (Lipinski definition) is 1. The van der Waals surface area contributed by atoms with Gasteiger partial charge in [-0.25, -0.2) is 0 Å². The molecule has 0 aliphatic heterocycles. The molecule has 1 nitrogen and oxygen atoms in total. The zero-order valence-electron chi connectivity index (χ0n) is 11.2. The third-order valence-corrected chi connectivity index (χ3v) is 3.59. The van der Waals surface area contributed by atoms with Crippen LogP contribution < -0.4 is 0 Å². The standard InChI is InChI=1S/C15H24O/c1-6-13(7-2)15(5,16)14-9-11(3)8-12(4)10-14/h8-10,13,16H,6-7H2,1-5H3.